The van der Waals surface area contributed by atoms with E-state index in [1.165, 1.54) is 4.57 Å². The lowest BCUT2D eigenvalue weighted by atomic mass is 10.3. The number of nitrogens with zero attached hydrogens (tertiary/aromatic N) is 3. The van der Waals surface area contributed by atoms with Crippen LogP contribution in [0.25, 0.3) is 11.0 Å². The van der Waals surface area contributed by atoms with E-state index in [-0.39, 0.29) is 16.2 Å². The number of pyridine rings is 1. The molecule has 0 unspecified atom stereocenters. The third kappa shape index (κ3) is 1.66. The highest BCUT2D eigenvalue weighted by atomic mass is 79.9. The first-order chi connectivity index (χ1) is 7.00. The Balaban J connectivity index is 3.06. The van der Waals surface area contributed by atoms with E-state index < -0.39 is 0 Å². The average molecular weight is 289 g/mol. The lowest BCUT2D eigenvalue weighted by Gasteiger charge is -2.05. The van der Waals surface area contributed by atoms with Crippen LogP contribution in [0, 0.1) is 6.92 Å². The zero-order chi connectivity index (χ0) is 11.2. The lowest BCUT2D eigenvalue weighted by Crippen LogP contribution is -2.21. The van der Waals surface area contributed by atoms with Crippen molar-refractivity contribution in [2.24, 2.45) is 7.05 Å². The Bertz CT molecular complexity index is 608. The first-order valence-electron chi connectivity index (χ1n) is 4.20. The molecule has 2 heterocycles. The van der Waals surface area contributed by atoms with E-state index in [1.807, 2.05) is 0 Å². The van der Waals surface area contributed by atoms with Gasteiger partial charge in [0.2, 0.25) is 0 Å². The molecule has 0 amide bonds. The maximum absolute atomic E-state index is 11.8. The topological polar surface area (TPSA) is 47.8 Å². The van der Waals surface area contributed by atoms with E-state index in [1.54, 1.807) is 20.0 Å². The first-order valence-corrected chi connectivity index (χ1v) is 5.37. The number of rotatable bonds is 0. The summed E-state index contributed by atoms with van der Waals surface area (Å²) in [6.45, 7) is 1.77. The Morgan fingerprint density at radius 3 is 2.73 bits per heavy atom. The van der Waals surface area contributed by atoms with Crippen molar-refractivity contribution in [2.45, 2.75) is 6.92 Å². The number of aromatic nitrogens is 3. The van der Waals surface area contributed by atoms with Gasteiger partial charge in [0.15, 0.2) is 5.52 Å². The normalized spacial score (nSPS) is 10.9. The van der Waals surface area contributed by atoms with Crippen LogP contribution < -0.4 is 5.56 Å². The Labute approximate surface area is 99.0 Å². The van der Waals surface area contributed by atoms with Gasteiger partial charge in [-0.25, -0.2) is 9.97 Å². The van der Waals surface area contributed by atoms with Crippen molar-refractivity contribution in [3.63, 3.8) is 0 Å². The SMILES string of the molecule is Cc1nc2c(Br)cc(Cl)nc2c(=O)n1C. The standard InChI is InChI=1S/C9H7BrClN3O/c1-4-12-7-5(10)3-6(11)13-8(7)9(15)14(4)2/h3H,1-2H3. The molecular formula is C9H7BrClN3O. The van der Waals surface area contributed by atoms with Crippen molar-refractivity contribution < 1.29 is 0 Å². The van der Waals surface area contributed by atoms with Crippen LogP contribution in [0.4, 0.5) is 0 Å². The van der Waals surface area contributed by atoms with Crippen LogP contribution in [-0.2, 0) is 7.05 Å². The van der Waals surface area contributed by atoms with Crippen LogP contribution in [-0.4, -0.2) is 14.5 Å². The minimum atomic E-state index is -0.194. The summed E-state index contributed by atoms with van der Waals surface area (Å²) in [6.07, 6.45) is 0. The van der Waals surface area contributed by atoms with Crippen molar-refractivity contribution in [1.29, 1.82) is 0 Å². The van der Waals surface area contributed by atoms with E-state index in [4.69, 9.17) is 11.6 Å². The Morgan fingerprint density at radius 2 is 2.07 bits per heavy atom. The van der Waals surface area contributed by atoms with E-state index in [0.29, 0.717) is 15.8 Å². The van der Waals surface area contributed by atoms with E-state index >= 15 is 0 Å². The molecule has 78 valence electrons. The second kappa shape index (κ2) is 3.57. The van der Waals surface area contributed by atoms with Crippen molar-refractivity contribution >= 4 is 38.6 Å². The molecule has 2 rings (SSSR count). The Hall–Kier alpha value is -0.940. The van der Waals surface area contributed by atoms with Crippen molar-refractivity contribution in [3.8, 4) is 0 Å². The van der Waals surface area contributed by atoms with Gasteiger partial charge in [0.1, 0.15) is 16.5 Å². The molecule has 0 aliphatic rings. The fourth-order valence-electron chi connectivity index (χ4n) is 1.28. The molecule has 0 radical (unpaired) electrons. The molecule has 0 aliphatic heterocycles. The summed E-state index contributed by atoms with van der Waals surface area (Å²) < 4.78 is 2.12. The summed E-state index contributed by atoms with van der Waals surface area (Å²) in [5.74, 6) is 0.636. The van der Waals surface area contributed by atoms with Gasteiger partial charge < -0.3 is 0 Å². The van der Waals surface area contributed by atoms with Gasteiger partial charge in [0, 0.05) is 11.5 Å². The van der Waals surface area contributed by atoms with Crippen LogP contribution >= 0.6 is 27.5 Å². The molecule has 2 aromatic rings. The summed E-state index contributed by atoms with van der Waals surface area (Å²) in [5, 5.41) is 0.275. The second-order valence-electron chi connectivity index (χ2n) is 3.15. The number of hydrogen-bond donors (Lipinski definition) is 0. The van der Waals surface area contributed by atoms with Gasteiger partial charge in [-0.2, -0.15) is 0 Å². The molecule has 2 aromatic heterocycles. The summed E-state index contributed by atoms with van der Waals surface area (Å²) in [4.78, 5) is 20.1. The van der Waals surface area contributed by atoms with E-state index in [0.717, 1.165) is 0 Å². The van der Waals surface area contributed by atoms with Crippen LogP contribution in [0.3, 0.4) is 0 Å². The molecule has 6 heteroatoms. The third-order valence-electron chi connectivity index (χ3n) is 2.18. The molecule has 15 heavy (non-hydrogen) atoms. The number of aryl methyl sites for hydroxylation is 1. The molecule has 0 atom stereocenters. The van der Waals surface area contributed by atoms with E-state index in [2.05, 4.69) is 25.9 Å². The predicted molar refractivity (Wildman–Crippen MR) is 62.2 cm³/mol. The highest BCUT2D eigenvalue weighted by Gasteiger charge is 2.10. The quantitative estimate of drug-likeness (QED) is 0.697. The van der Waals surface area contributed by atoms with Crippen LogP contribution in [0.2, 0.25) is 5.15 Å². The molecular weight excluding hydrogens is 281 g/mol. The van der Waals surface area contributed by atoms with Crippen molar-refractivity contribution in [2.75, 3.05) is 0 Å². The molecule has 4 nitrogen and oxygen atoms in total. The molecule has 0 aromatic carbocycles. The van der Waals surface area contributed by atoms with Crippen molar-refractivity contribution in [3.05, 3.63) is 31.9 Å². The van der Waals surface area contributed by atoms with Gasteiger partial charge in [-0.3, -0.25) is 9.36 Å². The molecule has 0 saturated heterocycles. The van der Waals surface area contributed by atoms with Crippen LogP contribution in [0.1, 0.15) is 5.82 Å². The second-order valence-corrected chi connectivity index (χ2v) is 4.39. The molecule has 0 spiro atoms. The summed E-state index contributed by atoms with van der Waals surface area (Å²) in [5.41, 5.74) is 0.628. The zero-order valence-electron chi connectivity index (χ0n) is 8.08. The monoisotopic (exact) mass is 287 g/mol. The predicted octanol–water partition coefficient (Wildman–Crippen LogP) is 2.05. The minimum Gasteiger partial charge on any atom is -0.298 e. The highest BCUT2D eigenvalue weighted by Crippen LogP contribution is 2.22. The van der Waals surface area contributed by atoms with Gasteiger partial charge in [0.05, 0.1) is 0 Å². The molecule has 0 fully saturated rings. The van der Waals surface area contributed by atoms with Gasteiger partial charge >= 0.3 is 0 Å². The van der Waals surface area contributed by atoms with Gasteiger partial charge in [-0.05, 0) is 28.9 Å². The Kier molecular flexibility index (Phi) is 2.52. The third-order valence-corrected chi connectivity index (χ3v) is 2.98. The maximum Gasteiger partial charge on any atom is 0.279 e. The molecule has 0 saturated carbocycles. The largest absolute Gasteiger partial charge is 0.298 e. The van der Waals surface area contributed by atoms with Gasteiger partial charge in [-0.15, -0.1) is 0 Å². The fourth-order valence-corrected chi connectivity index (χ4v) is 2.09. The molecule has 0 bridgehead atoms. The minimum absolute atomic E-state index is 0.194. The summed E-state index contributed by atoms with van der Waals surface area (Å²) >= 11 is 9.08. The number of hydrogen-bond acceptors (Lipinski definition) is 3. The number of halogens is 2. The summed E-state index contributed by atoms with van der Waals surface area (Å²) in [6, 6.07) is 1.62. The zero-order valence-corrected chi connectivity index (χ0v) is 10.4. The average Bonchev–Trinajstić information content (AvgIpc) is 2.17. The Morgan fingerprint density at radius 1 is 1.40 bits per heavy atom. The molecule has 0 aliphatic carbocycles. The fraction of sp³-hybridized carbons (Fsp3) is 0.222. The first kappa shape index (κ1) is 10.6. The maximum atomic E-state index is 11.8. The summed E-state index contributed by atoms with van der Waals surface area (Å²) in [7, 11) is 1.65. The highest BCUT2D eigenvalue weighted by molar-refractivity contribution is 9.10. The number of fused-ring (bicyclic) bond motifs is 1. The lowest BCUT2D eigenvalue weighted by molar-refractivity contribution is 0.788. The van der Waals surface area contributed by atoms with Crippen LogP contribution in [0.15, 0.2) is 15.3 Å². The van der Waals surface area contributed by atoms with Gasteiger partial charge in [0.25, 0.3) is 5.56 Å². The molecule has 0 N–H and O–H groups in total. The van der Waals surface area contributed by atoms with Crippen LogP contribution in [0.5, 0.6) is 0 Å². The van der Waals surface area contributed by atoms with Gasteiger partial charge in [-0.1, -0.05) is 11.6 Å². The van der Waals surface area contributed by atoms with E-state index in [9.17, 15) is 4.79 Å². The van der Waals surface area contributed by atoms with Crippen molar-refractivity contribution in [1.82, 2.24) is 14.5 Å². The smallest absolute Gasteiger partial charge is 0.279 e.